The van der Waals surface area contributed by atoms with Gasteiger partial charge in [-0.1, -0.05) is 12.2 Å². The van der Waals surface area contributed by atoms with Crippen LogP contribution in [0.4, 0.5) is 0 Å². The van der Waals surface area contributed by atoms with E-state index in [-0.39, 0.29) is 11.7 Å². The minimum absolute atomic E-state index is 0.246. The van der Waals surface area contributed by atoms with Crippen molar-refractivity contribution in [2.75, 3.05) is 31.9 Å². The summed E-state index contributed by atoms with van der Waals surface area (Å²) in [4.78, 5) is 0. The van der Waals surface area contributed by atoms with Gasteiger partial charge >= 0.3 is 0 Å². The van der Waals surface area contributed by atoms with E-state index in [4.69, 9.17) is 0 Å². The zero-order chi connectivity index (χ0) is 12.7. The smallest absolute Gasteiger partial charge is 0.214 e. The second-order valence-corrected chi connectivity index (χ2v) is 6.38. The summed E-state index contributed by atoms with van der Waals surface area (Å²) in [6.45, 7) is 9.75. The molecule has 0 aliphatic carbocycles. The van der Waals surface area contributed by atoms with Crippen LogP contribution in [0.15, 0.2) is 25.3 Å². The van der Waals surface area contributed by atoms with Crippen LogP contribution in [0.2, 0.25) is 0 Å². The summed E-state index contributed by atoms with van der Waals surface area (Å²) in [6.07, 6.45) is 5.11. The van der Waals surface area contributed by atoms with E-state index in [1.54, 1.807) is 12.2 Å². The van der Waals surface area contributed by atoms with Crippen molar-refractivity contribution in [1.29, 1.82) is 0 Å². The second-order valence-electron chi connectivity index (χ2n) is 4.37. The van der Waals surface area contributed by atoms with Crippen LogP contribution >= 0.6 is 0 Å². The van der Waals surface area contributed by atoms with Crippen molar-refractivity contribution in [2.45, 2.75) is 12.8 Å². The third-order valence-electron chi connectivity index (χ3n) is 2.96. The lowest BCUT2D eigenvalue weighted by molar-refractivity contribution is 0.389. The molecular formula is C12H22N2O2S. The van der Waals surface area contributed by atoms with Crippen LogP contribution in [0.25, 0.3) is 0 Å². The molecule has 0 spiro atoms. The van der Waals surface area contributed by atoms with Crippen molar-refractivity contribution >= 4 is 10.0 Å². The highest BCUT2D eigenvalue weighted by atomic mass is 32.2. The molecule has 1 aliphatic rings. The zero-order valence-electron chi connectivity index (χ0n) is 10.3. The molecule has 0 unspecified atom stereocenters. The standard InChI is InChI=1S/C12H22N2O2S/c1-3-9-14(10-4-2)17(15,16)11-12-5-7-13-8-6-12/h3-4,12-13H,1-2,5-11H2. The summed E-state index contributed by atoms with van der Waals surface area (Å²) in [5.74, 6) is 0.523. The molecule has 1 fully saturated rings. The van der Waals surface area contributed by atoms with Crippen LogP contribution in [0.3, 0.4) is 0 Å². The predicted octanol–water partition coefficient (Wildman–Crippen LogP) is 0.990. The first-order valence-corrected chi connectivity index (χ1v) is 7.61. The molecule has 1 aliphatic heterocycles. The van der Waals surface area contributed by atoms with Crippen LogP contribution in [-0.4, -0.2) is 44.7 Å². The SMILES string of the molecule is C=CCN(CC=C)S(=O)(=O)CC1CCNCC1. The Morgan fingerprint density at radius 1 is 1.18 bits per heavy atom. The predicted molar refractivity (Wildman–Crippen MR) is 71.3 cm³/mol. The van der Waals surface area contributed by atoms with Gasteiger partial charge in [-0.25, -0.2) is 8.42 Å². The summed E-state index contributed by atoms with van der Waals surface area (Å²) < 4.78 is 25.8. The van der Waals surface area contributed by atoms with E-state index in [1.807, 2.05) is 0 Å². The molecule has 0 saturated carbocycles. The molecule has 0 amide bonds. The Morgan fingerprint density at radius 2 is 1.71 bits per heavy atom. The molecule has 17 heavy (non-hydrogen) atoms. The summed E-state index contributed by atoms with van der Waals surface area (Å²) >= 11 is 0. The molecule has 0 bridgehead atoms. The molecule has 98 valence electrons. The number of piperidine rings is 1. The molecule has 0 radical (unpaired) electrons. The number of sulfonamides is 1. The first-order chi connectivity index (χ1) is 8.10. The van der Waals surface area contributed by atoms with Gasteiger partial charge in [0, 0.05) is 13.1 Å². The van der Waals surface area contributed by atoms with Gasteiger partial charge in [-0.3, -0.25) is 0 Å². The van der Waals surface area contributed by atoms with Gasteiger partial charge < -0.3 is 5.32 Å². The number of hydrogen-bond acceptors (Lipinski definition) is 3. The topological polar surface area (TPSA) is 49.4 Å². The second kappa shape index (κ2) is 6.93. The van der Waals surface area contributed by atoms with Gasteiger partial charge in [-0.2, -0.15) is 4.31 Å². The third kappa shape index (κ3) is 4.61. The number of nitrogens with one attached hydrogen (secondary N) is 1. The normalized spacial score (nSPS) is 18.2. The van der Waals surface area contributed by atoms with Crippen molar-refractivity contribution in [3.63, 3.8) is 0 Å². The maximum Gasteiger partial charge on any atom is 0.214 e. The van der Waals surface area contributed by atoms with E-state index in [0.29, 0.717) is 13.1 Å². The van der Waals surface area contributed by atoms with Crippen molar-refractivity contribution in [2.24, 2.45) is 5.92 Å². The minimum atomic E-state index is -3.18. The summed E-state index contributed by atoms with van der Waals surface area (Å²) in [5, 5.41) is 3.24. The van der Waals surface area contributed by atoms with E-state index >= 15 is 0 Å². The Morgan fingerprint density at radius 3 is 2.18 bits per heavy atom. The Kier molecular flexibility index (Phi) is 5.88. The van der Waals surface area contributed by atoms with E-state index < -0.39 is 10.0 Å². The highest BCUT2D eigenvalue weighted by Crippen LogP contribution is 2.16. The van der Waals surface area contributed by atoms with Gasteiger partial charge in [0.25, 0.3) is 0 Å². The molecule has 5 heteroatoms. The minimum Gasteiger partial charge on any atom is -0.317 e. The quantitative estimate of drug-likeness (QED) is 0.693. The monoisotopic (exact) mass is 258 g/mol. The van der Waals surface area contributed by atoms with Gasteiger partial charge in [0.2, 0.25) is 10.0 Å². The largest absolute Gasteiger partial charge is 0.317 e. The zero-order valence-corrected chi connectivity index (χ0v) is 11.1. The average molecular weight is 258 g/mol. The van der Waals surface area contributed by atoms with E-state index in [0.717, 1.165) is 25.9 Å². The lowest BCUT2D eigenvalue weighted by Crippen LogP contribution is -2.38. The molecule has 1 rings (SSSR count). The van der Waals surface area contributed by atoms with Crippen molar-refractivity contribution in [1.82, 2.24) is 9.62 Å². The fraction of sp³-hybridized carbons (Fsp3) is 0.667. The summed E-state index contributed by atoms with van der Waals surface area (Å²) in [5.41, 5.74) is 0. The molecule has 0 atom stereocenters. The van der Waals surface area contributed by atoms with Crippen LogP contribution in [0.5, 0.6) is 0 Å². The molecule has 1 N–H and O–H groups in total. The van der Waals surface area contributed by atoms with Gasteiger partial charge in [-0.05, 0) is 31.8 Å². The molecule has 0 aromatic rings. The fourth-order valence-corrected chi connectivity index (χ4v) is 3.85. The number of rotatable bonds is 7. The van der Waals surface area contributed by atoms with Crippen LogP contribution in [0, 0.1) is 5.92 Å². The van der Waals surface area contributed by atoms with Gasteiger partial charge in [0.05, 0.1) is 5.75 Å². The lowest BCUT2D eigenvalue weighted by Gasteiger charge is -2.26. The fourth-order valence-electron chi connectivity index (χ4n) is 2.04. The number of hydrogen-bond donors (Lipinski definition) is 1. The van der Waals surface area contributed by atoms with Crippen LogP contribution in [-0.2, 0) is 10.0 Å². The van der Waals surface area contributed by atoms with E-state index in [2.05, 4.69) is 18.5 Å². The number of nitrogens with zero attached hydrogens (tertiary/aromatic N) is 1. The highest BCUT2D eigenvalue weighted by molar-refractivity contribution is 7.89. The maximum atomic E-state index is 12.2. The van der Waals surface area contributed by atoms with Crippen LogP contribution < -0.4 is 5.32 Å². The molecule has 0 aromatic carbocycles. The Hall–Kier alpha value is -0.650. The molecule has 1 saturated heterocycles. The average Bonchev–Trinajstić information content (AvgIpc) is 2.29. The maximum absolute atomic E-state index is 12.2. The van der Waals surface area contributed by atoms with Gasteiger partial charge in [0.1, 0.15) is 0 Å². The van der Waals surface area contributed by atoms with Crippen molar-refractivity contribution < 1.29 is 8.42 Å². The molecular weight excluding hydrogens is 236 g/mol. The molecule has 1 heterocycles. The Balaban J connectivity index is 2.62. The van der Waals surface area contributed by atoms with Gasteiger partial charge in [-0.15, -0.1) is 13.2 Å². The highest BCUT2D eigenvalue weighted by Gasteiger charge is 2.25. The summed E-state index contributed by atoms with van der Waals surface area (Å²) in [7, 11) is -3.18. The van der Waals surface area contributed by atoms with Crippen LogP contribution in [0.1, 0.15) is 12.8 Å². The molecule has 0 aromatic heterocycles. The first-order valence-electron chi connectivity index (χ1n) is 6.00. The Bertz CT molecular complexity index is 336. The van der Waals surface area contributed by atoms with E-state index in [9.17, 15) is 8.42 Å². The first kappa shape index (κ1) is 14.4. The third-order valence-corrected chi connectivity index (χ3v) is 4.94. The Labute approximate surface area is 104 Å². The van der Waals surface area contributed by atoms with Crippen molar-refractivity contribution in [3.8, 4) is 0 Å². The summed E-state index contributed by atoms with van der Waals surface area (Å²) in [6, 6.07) is 0. The molecule has 4 nitrogen and oxygen atoms in total. The van der Waals surface area contributed by atoms with E-state index in [1.165, 1.54) is 4.31 Å². The van der Waals surface area contributed by atoms with Gasteiger partial charge in [0.15, 0.2) is 0 Å². The van der Waals surface area contributed by atoms with Crippen molar-refractivity contribution in [3.05, 3.63) is 25.3 Å². The lowest BCUT2D eigenvalue weighted by atomic mass is 10.0.